The van der Waals surface area contributed by atoms with Gasteiger partial charge in [-0.3, -0.25) is 0 Å². The zero-order valence-corrected chi connectivity index (χ0v) is 10.5. The van der Waals surface area contributed by atoms with Gasteiger partial charge in [-0.1, -0.05) is 17.7 Å². The Labute approximate surface area is 104 Å². The summed E-state index contributed by atoms with van der Waals surface area (Å²) < 4.78 is 0. The first kappa shape index (κ1) is 11.5. The van der Waals surface area contributed by atoms with Crippen molar-refractivity contribution in [3.8, 4) is 0 Å². The van der Waals surface area contributed by atoms with Crippen LogP contribution in [0, 0.1) is 6.92 Å². The minimum atomic E-state index is 0.566. The van der Waals surface area contributed by atoms with Crippen LogP contribution in [0.2, 0.25) is 5.15 Å². The molecule has 0 fully saturated rings. The van der Waals surface area contributed by atoms with Gasteiger partial charge in [-0.05, 0) is 13.0 Å². The van der Waals surface area contributed by atoms with Crippen LogP contribution in [0.25, 0.3) is 0 Å². The lowest BCUT2D eigenvalue weighted by Gasteiger charge is -2.04. The minimum Gasteiger partial charge on any atom is -0.308 e. The number of nitrogens with zero attached hydrogens (tertiary/aromatic N) is 2. The predicted molar refractivity (Wildman–Crippen MR) is 66.6 cm³/mol. The number of rotatable bonds is 4. The standard InChI is InChI=1S/C11H12ClN3S/c1-8-10(16-7-15-8)6-13-5-9-3-2-4-14-11(9)12/h2-4,7,13H,5-6H2,1H3. The second-order valence-electron chi connectivity index (χ2n) is 3.42. The van der Waals surface area contributed by atoms with Crippen molar-refractivity contribution in [3.05, 3.63) is 45.1 Å². The van der Waals surface area contributed by atoms with Crippen LogP contribution in [0.15, 0.2) is 23.8 Å². The first-order chi connectivity index (χ1) is 7.77. The van der Waals surface area contributed by atoms with Crippen molar-refractivity contribution in [3.63, 3.8) is 0 Å². The van der Waals surface area contributed by atoms with Crippen molar-refractivity contribution in [2.75, 3.05) is 0 Å². The van der Waals surface area contributed by atoms with E-state index in [-0.39, 0.29) is 0 Å². The molecule has 16 heavy (non-hydrogen) atoms. The number of pyridine rings is 1. The molecule has 0 unspecified atom stereocenters. The Bertz CT molecular complexity index is 470. The summed E-state index contributed by atoms with van der Waals surface area (Å²) in [4.78, 5) is 9.49. The summed E-state index contributed by atoms with van der Waals surface area (Å²) >= 11 is 7.62. The van der Waals surface area contributed by atoms with Crippen molar-refractivity contribution in [2.45, 2.75) is 20.0 Å². The van der Waals surface area contributed by atoms with E-state index >= 15 is 0 Å². The van der Waals surface area contributed by atoms with Gasteiger partial charge in [0, 0.05) is 29.7 Å². The Hall–Kier alpha value is -0.970. The van der Waals surface area contributed by atoms with E-state index in [0.717, 1.165) is 24.3 Å². The fourth-order valence-electron chi connectivity index (χ4n) is 1.36. The molecule has 0 bridgehead atoms. The van der Waals surface area contributed by atoms with E-state index in [1.54, 1.807) is 17.5 Å². The molecule has 2 aromatic rings. The number of aromatic nitrogens is 2. The van der Waals surface area contributed by atoms with Crippen LogP contribution in [0.1, 0.15) is 16.1 Å². The monoisotopic (exact) mass is 253 g/mol. The zero-order chi connectivity index (χ0) is 11.4. The Morgan fingerprint density at radius 2 is 2.25 bits per heavy atom. The van der Waals surface area contributed by atoms with Gasteiger partial charge in [0.1, 0.15) is 5.15 Å². The molecule has 0 atom stereocenters. The summed E-state index contributed by atoms with van der Waals surface area (Å²) in [6.07, 6.45) is 1.69. The van der Waals surface area contributed by atoms with Crippen molar-refractivity contribution in [1.29, 1.82) is 0 Å². The predicted octanol–water partition coefficient (Wildman–Crippen LogP) is 2.79. The molecule has 0 aliphatic carbocycles. The van der Waals surface area contributed by atoms with Crippen LogP contribution in [0.3, 0.4) is 0 Å². The lowest BCUT2D eigenvalue weighted by atomic mass is 10.3. The van der Waals surface area contributed by atoms with Gasteiger partial charge in [0.05, 0.1) is 11.2 Å². The van der Waals surface area contributed by atoms with E-state index in [2.05, 4.69) is 15.3 Å². The molecule has 0 aliphatic rings. The van der Waals surface area contributed by atoms with Crippen LogP contribution < -0.4 is 5.32 Å². The maximum Gasteiger partial charge on any atom is 0.133 e. The maximum atomic E-state index is 5.96. The van der Waals surface area contributed by atoms with Gasteiger partial charge in [0.2, 0.25) is 0 Å². The Morgan fingerprint density at radius 1 is 1.38 bits per heavy atom. The number of hydrogen-bond donors (Lipinski definition) is 1. The van der Waals surface area contributed by atoms with E-state index in [1.807, 2.05) is 24.6 Å². The molecule has 84 valence electrons. The highest BCUT2D eigenvalue weighted by atomic mass is 35.5. The normalized spacial score (nSPS) is 10.6. The number of thiazole rings is 1. The van der Waals surface area contributed by atoms with E-state index in [4.69, 9.17) is 11.6 Å². The van der Waals surface area contributed by atoms with Gasteiger partial charge in [-0.2, -0.15) is 0 Å². The molecule has 2 heterocycles. The van der Waals surface area contributed by atoms with E-state index in [0.29, 0.717) is 5.15 Å². The molecule has 0 spiro atoms. The van der Waals surface area contributed by atoms with Crippen molar-refractivity contribution < 1.29 is 0 Å². The third-order valence-electron chi connectivity index (χ3n) is 2.28. The summed E-state index contributed by atoms with van der Waals surface area (Å²) in [5.74, 6) is 0. The quantitative estimate of drug-likeness (QED) is 0.852. The molecule has 1 N–H and O–H groups in total. The average molecular weight is 254 g/mol. The topological polar surface area (TPSA) is 37.8 Å². The fraction of sp³-hybridized carbons (Fsp3) is 0.273. The molecule has 2 aromatic heterocycles. The van der Waals surface area contributed by atoms with Gasteiger partial charge in [-0.15, -0.1) is 11.3 Å². The average Bonchev–Trinajstić information content (AvgIpc) is 2.67. The largest absolute Gasteiger partial charge is 0.308 e. The highest BCUT2D eigenvalue weighted by Gasteiger charge is 2.02. The smallest absolute Gasteiger partial charge is 0.133 e. The van der Waals surface area contributed by atoms with E-state index in [9.17, 15) is 0 Å². The Kier molecular flexibility index (Phi) is 3.88. The zero-order valence-electron chi connectivity index (χ0n) is 8.90. The molecule has 5 heteroatoms. The summed E-state index contributed by atoms with van der Waals surface area (Å²) in [7, 11) is 0. The van der Waals surface area contributed by atoms with Crippen molar-refractivity contribution >= 4 is 22.9 Å². The highest BCUT2D eigenvalue weighted by molar-refractivity contribution is 7.09. The molecule has 2 rings (SSSR count). The first-order valence-electron chi connectivity index (χ1n) is 4.96. The lowest BCUT2D eigenvalue weighted by Crippen LogP contribution is -2.13. The number of nitrogens with one attached hydrogen (secondary N) is 1. The van der Waals surface area contributed by atoms with Gasteiger partial charge in [-0.25, -0.2) is 9.97 Å². The van der Waals surface area contributed by atoms with Gasteiger partial charge in [0.15, 0.2) is 0 Å². The van der Waals surface area contributed by atoms with Crippen LogP contribution in [0.5, 0.6) is 0 Å². The molecular formula is C11H12ClN3S. The molecule has 0 aliphatic heterocycles. The second kappa shape index (κ2) is 5.39. The minimum absolute atomic E-state index is 0.566. The van der Waals surface area contributed by atoms with Crippen LogP contribution >= 0.6 is 22.9 Å². The van der Waals surface area contributed by atoms with Gasteiger partial charge in [0.25, 0.3) is 0 Å². The summed E-state index contributed by atoms with van der Waals surface area (Å²) in [5.41, 5.74) is 3.98. The van der Waals surface area contributed by atoms with Crippen molar-refractivity contribution in [1.82, 2.24) is 15.3 Å². The second-order valence-corrected chi connectivity index (χ2v) is 4.72. The maximum absolute atomic E-state index is 5.96. The summed E-state index contributed by atoms with van der Waals surface area (Å²) in [6.45, 7) is 3.57. The SMILES string of the molecule is Cc1ncsc1CNCc1cccnc1Cl. The fourth-order valence-corrected chi connectivity index (χ4v) is 2.29. The lowest BCUT2D eigenvalue weighted by molar-refractivity contribution is 0.695. The van der Waals surface area contributed by atoms with E-state index < -0.39 is 0 Å². The Balaban J connectivity index is 1.89. The Morgan fingerprint density at radius 3 is 2.94 bits per heavy atom. The molecular weight excluding hydrogens is 242 g/mol. The number of halogens is 1. The molecule has 0 radical (unpaired) electrons. The van der Waals surface area contributed by atoms with Crippen LogP contribution in [0.4, 0.5) is 0 Å². The van der Waals surface area contributed by atoms with Gasteiger partial charge < -0.3 is 5.32 Å². The van der Waals surface area contributed by atoms with Crippen molar-refractivity contribution in [2.24, 2.45) is 0 Å². The molecule has 0 aromatic carbocycles. The molecule has 0 saturated carbocycles. The number of aryl methyl sites for hydroxylation is 1. The molecule has 0 saturated heterocycles. The van der Waals surface area contributed by atoms with Crippen LogP contribution in [-0.4, -0.2) is 9.97 Å². The highest BCUT2D eigenvalue weighted by Crippen LogP contribution is 2.13. The summed E-state index contributed by atoms with van der Waals surface area (Å²) in [5, 5.41) is 3.90. The number of hydrogen-bond acceptors (Lipinski definition) is 4. The third-order valence-corrected chi connectivity index (χ3v) is 3.56. The van der Waals surface area contributed by atoms with Gasteiger partial charge >= 0.3 is 0 Å². The van der Waals surface area contributed by atoms with Crippen LogP contribution in [-0.2, 0) is 13.1 Å². The first-order valence-corrected chi connectivity index (χ1v) is 6.22. The third kappa shape index (κ3) is 2.78. The summed E-state index contributed by atoms with van der Waals surface area (Å²) in [6, 6.07) is 3.86. The van der Waals surface area contributed by atoms with E-state index in [1.165, 1.54) is 4.88 Å². The molecule has 3 nitrogen and oxygen atoms in total. The molecule has 0 amide bonds.